The van der Waals surface area contributed by atoms with Gasteiger partial charge in [-0.1, -0.05) is 38.1 Å². The van der Waals surface area contributed by atoms with Gasteiger partial charge in [0.25, 0.3) is 0 Å². The highest BCUT2D eigenvalue weighted by molar-refractivity contribution is 6.11. The highest BCUT2D eigenvalue weighted by Crippen LogP contribution is 2.64. The third kappa shape index (κ3) is 2.08. The maximum atomic E-state index is 14.2. The van der Waals surface area contributed by atoms with Gasteiger partial charge >= 0.3 is 0 Å². The number of benzene rings is 1. The molecule has 0 saturated carbocycles. The largest absolute Gasteiger partial charge is 0.399 e. The van der Waals surface area contributed by atoms with Crippen LogP contribution in [-0.2, 0) is 10.2 Å². The lowest BCUT2D eigenvalue weighted by molar-refractivity contribution is -0.127. The molecule has 0 radical (unpaired) electrons. The fourth-order valence-electron chi connectivity index (χ4n) is 5.67. The first-order chi connectivity index (χ1) is 14.4. The zero-order valence-electron chi connectivity index (χ0n) is 17.1. The van der Waals surface area contributed by atoms with Crippen LogP contribution in [-0.4, -0.2) is 12.5 Å². The number of fused-ring (bicyclic) bond motifs is 4. The molecule has 2 aliphatic carbocycles. The van der Waals surface area contributed by atoms with E-state index in [4.69, 9.17) is 5.73 Å². The van der Waals surface area contributed by atoms with E-state index in [0.29, 0.717) is 24.1 Å². The van der Waals surface area contributed by atoms with E-state index in [1.54, 1.807) is 4.90 Å². The predicted octanol–water partition coefficient (Wildman–Crippen LogP) is 3.44. The van der Waals surface area contributed by atoms with Crippen LogP contribution in [0.3, 0.4) is 0 Å². The van der Waals surface area contributed by atoms with Crippen molar-refractivity contribution < 1.29 is 4.79 Å². The third-order valence-electron chi connectivity index (χ3n) is 6.93. The summed E-state index contributed by atoms with van der Waals surface area (Å²) >= 11 is 0. The van der Waals surface area contributed by atoms with Crippen LogP contribution in [0.15, 0.2) is 47.2 Å². The number of anilines is 1. The molecule has 0 fully saturated rings. The molecule has 1 aromatic carbocycles. The highest BCUT2D eigenvalue weighted by atomic mass is 16.2. The topological polar surface area (TPSA) is 118 Å². The first-order valence-corrected chi connectivity index (χ1v) is 10.3. The molecule has 0 bridgehead atoms. The van der Waals surface area contributed by atoms with Crippen molar-refractivity contribution in [1.82, 2.24) is 0 Å². The van der Waals surface area contributed by atoms with Gasteiger partial charge in [-0.2, -0.15) is 15.8 Å². The molecule has 30 heavy (non-hydrogen) atoms. The number of nitrogens with zero attached hydrogens (tertiary/aromatic N) is 4. The van der Waals surface area contributed by atoms with Crippen molar-refractivity contribution in [3.05, 3.63) is 52.7 Å². The van der Waals surface area contributed by atoms with Crippen molar-refractivity contribution in [1.29, 1.82) is 15.8 Å². The van der Waals surface area contributed by atoms with E-state index in [0.717, 1.165) is 18.5 Å². The zero-order chi connectivity index (χ0) is 21.7. The Morgan fingerprint density at radius 3 is 2.57 bits per heavy atom. The number of allylic oxidation sites excluding steroid dienone is 4. The second-order valence-corrected chi connectivity index (χ2v) is 8.44. The second-order valence-electron chi connectivity index (χ2n) is 8.44. The number of carbonyl (C=O) groups is 1. The minimum atomic E-state index is -1.95. The van der Waals surface area contributed by atoms with E-state index in [2.05, 4.69) is 25.1 Å². The molecular formula is C24H23N5O. The maximum absolute atomic E-state index is 14.2. The van der Waals surface area contributed by atoms with Crippen molar-refractivity contribution >= 4 is 11.6 Å². The summed E-state index contributed by atoms with van der Waals surface area (Å²) in [5, 5.41) is 30.6. The summed E-state index contributed by atoms with van der Waals surface area (Å²) in [6.45, 7) is 4.56. The number of nitriles is 3. The summed E-state index contributed by atoms with van der Waals surface area (Å²) in [4.78, 5) is 15.9. The Labute approximate surface area is 176 Å². The van der Waals surface area contributed by atoms with Gasteiger partial charge in [-0.3, -0.25) is 4.79 Å². The lowest BCUT2D eigenvalue weighted by Crippen LogP contribution is -2.61. The van der Waals surface area contributed by atoms with Crippen molar-refractivity contribution in [2.75, 3.05) is 11.4 Å². The molecule has 3 atom stereocenters. The average Bonchev–Trinajstić information content (AvgIpc) is 3.00. The Bertz CT molecular complexity index is 1110. The Morgan fingerprint density at radius 2 is 1.93 bits per heavy atom. The van der Waals surface area contributed by atoms with Gasteiger partial charge in [0.15, 0.2) is 0 Å². The molecule has 1 aliphatic heterocycles. The molecule has 0 aromatic heterocycles. The van der Waals surface area contributed by atoms with Crippen LogP contribution in [0.1, 0.15) is 38.7 Å². The molecule has 0 unspecified atom stereocenters. The standard InChI is InChI=1S/C24H23N5O/c1-3-10-29-20-7-5-4-6-18(20)24(22(29)30)19-11-15(2)8-9-16(19)17(12-25)21(28)23(24,13-26)14-27/h4-7,9,15,19H,3,8,10-11,28H2,1-2H3/t15-,19-,24-/m0/s1. The van der Waals surface area contributed by atoms with E-state index in [1.807, 2.05) is 37.3 Å². The number of carbonyl (C=O) groups excluding carboxylic acids is 1. The highest BCUT2D eigenvalue weighted by Gasteiger charge is 2.72. The number of hydrogen-bond acceptors (Lipinski definition) is 5. The van der Waals surface area contributed by atoms with Crippen LogP contribution in [0, 0.1) is 51.2 Å². The molecule has 0 saturated heterocycles. The van der Waals surface area contributed by atoms with Gasteiger partial charge in [-0.25, -0.2) is 0 Å². The van der Waals surface area contributed by atoms with Gasteiger partial charge in [0.2, 0.25) is 11.3 Å². The average molecular weight is 397 g/mol. The molecule has 6 heteroatoms. The fourth-order valence-corrected chi connectivity index (χ4v) is 5.67. The first-order valence-electron chi connectivity index (χ1n) is 10.3. The summed E-state index contributed by atoms with van der Waals surface area (Å²) in [6.07, 6.45) is 4.08. The molecule has 1 amide bonds. The summed E-state index contributed by atoms with van der Waals surface area (Å²) in [7, 11) is 0. The summed E-state index contributed by atoms with van der Waals surface area (Å²) < 4.78 is 0. The first kappa shape index (κ1) is 19.7. The van der Waals surface area contributed by atoms with Crippen LogP contribution in [0.2, 0.25) is 0 Å². The van der Waals surface area contributed by atoms with E-state index in [9.17, 15) is 20.6 Å². The lowest BCUT2D eigenvalue weighted by atomic mass is 9.47. The van der Waals surface area contributed by atoms with Crippen LogP contribution in [0.4, 0.5) is 5.69 Å². The van der Waals surface area contributed by atoms with Gasteiger partial charge < -0.3 is 10.6 Å². The molecule has 150 valence electrons. The number of nitrogens with two attached hydrogens (primary N) is 1. The Kier molecular flexibility index (Phi) is 4.44. The monoisotopic (exact) mass is 397 g/mol. The summed E-state index contributed by atoms with van der Waals surface area (Å²) in [5.74, 6) is -0.471. The van der Waals surface area contributed by atoms with Crippen LogP contribution in [0.5, 0.6) is 0 Å². The molecule has 1 aromatic rings. The molecule has 1 spiro atoms. The van der Waals surface area contributed by atoms with Gasteiger partial charge in [0, 0.05) is 18.2 Å². The molecule has 6 nitrogen and oxygen atoms in total. The van der Waals surface area contributed by atoms with Crippen molar-refractivity contribution in [2.24, 2.45) is 23.0 Å². The van der Waals surface area contributed by atoms with Crippen molar-refractivity contribution in [2.45, 2.75) is 38.5 Å². The molecule has 1 heterocycles. The number of amides is 1. The van der Waals surface area contributed by atoms with E-state index in [-0.39, 0.29) is 23.1 Å². The normalized spacial score (nSPS) is 28.8. The Hall–Kier alpha value is -3.56. The van der Waals surface area contributed by atoms with Gasteiger partial charge in [-0.15, -0.1) is 0 Å². The minimum Gasteiger partial charge on any atom is -0.399 e. The smallest absolute Gasteiger partial charge is 0.241 e. The molecule has 2 N–H and O–H groups in total. The SMILES string of the molecule is CCCN1C(=O)[C@]2(c3ccccc31)[C@H]1C[C@@H](C)CC=C1C(C#N)=C(N)C2(C#N)C#N. The Morgan fingerprint density at radius 1 is 1.23 bits per heavy atom. The quantitative estimate of drug-likeness (QED) is 0.820. The van der Waals surface area contributed by atoms with E-state index < -0.39 is 16.7 Å². The number of rotatable bonds is 2. The van der Waals surface area contributed by atoms with Gasteiger partial charge in [0.1, 0.15) is 11.5 Å². The summed E-state index contributed by atoms with van der Waals surface area (Å²) in [6, 6.07) is 13.8. The Balaban J connectivity index is 2.18. The lowest BCUT2D eigenvalue weighted by Gasteiger charge is -2.50. The maximum Gasteiger partial charge on any atom is 0.241 e. The van der Waals surface area contributed by atoms with Crippen molar-refractivity contribution in [3.8, 4) is 18.2 Å². The fraction of sp³-hybridized carbons (Fsp3) is 0.417. The van der Waals surface area contributed by atoms with Gasteiger partial charge in [-0.05, 0) is 42.4 Å². The molecule has 4 rings (SSSR count). The second kappa shape index (κ2) is 6.75. The minimum absolute atomic E-state index is 0.103. The predicted molar refractivity (Wildman–Crippen MR) is 111 cm³/mol. The number of hydrogen-bond donors (Lipinski definition) is 1. The van der Waals surface area contributed by atoms with Gasteiger partial charge in [0.05, 0.1) is 23.4 Å². The third-order valence-corrected chi connectivity index (χ3v) is 6.93. The van der Waals surface area contributed by atoms with Crippen LogP contribution >= 0.6 is 0 Å². The molecule has 3 aliphatic rings. The van der Waals surface area contributed by atoms with Crippen molar-refractivity contribution in [3.63, 3.8) is 0 Å². The van der Waals surface area contributed by atoms with E-state index in [1.165, 1.54) is 0 Å². The zero-order valence-corrected chi connectivity index (χ0v) is 17.1. The summed E-state index contributed by atoms with van der Waals surface area (Å²) in [5.41, 5.74) is 5.18. The van der Waals surface area contributed by atoms with Crippen LogP contribution in [0.25, 0.3) is 0 Å². The molecular weight excluding hydrogens is 374 g/mol. The van der Waals surface area contributed by atoms with E-state index >= 15 is 0 Å². The number of para-hydroxylation sites is 1. The van der Waals surface area contributed by atoms with Crippen LogP contribution < -0.4 is 10.6 Å².